The molecule has 4 rings (SSSR count). The summed E-state index contributed by atoms with van der Waals surface area (Å²) in [5.41, 5.74) is 0.311. The van der Waals surface area contributed by atoms with Crippen molar-refractivity contribution in [3.8, 4) is 0 Å². The molecule has 4 unspecified atom stereocenters. The van der Waals surface area contributed by atoms with E-state index in [1.54, 1.807) is 19.9 Å². The molecule has 6 nitrogen and oxygen atoms in total. The summed E-state index contributed by atoms with van der Waals surface area (Å²) in [6, 6.07) is 2.45. The van der Waals surface area contributed by atoms with Gasteiger partial charge < -0.3 is 15.0 Å². The number of piperidine rings is 1. The Morgan fingerprint density at radius 3 is 2.70 bits per heavy atom. The Labute approximate surface area is 174 Å². The number of nitrogens with one attached hydrogen (secondary N) is 2. The molecule has 3 heterocycles. The van der Waals surface area contributed by atoms with Gasteiger partial charge in [0, 0.05) is 12.8 Å². The number of fused-ring (bicyclic) bond motifs is 1. The van der Waals surface area contributed by atoms with E-state index < -0.39 is 18.0 Å². The van der Waals surface area contributed by atoms with Crippen LogP contribution in [0.2, 0.25) is 0 Å². The number of aliphatic imine (C=N–C) groups is 1. The molecule has 2 aromatic rings. The summed E-state index contributed by atoms with van der Waals surface area (Å²) in [4.78, 5) is 24.2. The Morgan fingerprint density at radius 1 is 1.30 bits per heavy atom. The Kier molecular flexibility index (Phi) is 5.86. The number of hydrogen-bond donors (Lipinski definition) is 2. The summed E-state index contributed by atoms with van der Waals surface area (Å²) in [7, 11) is 0. The number of ether oxygens (including phenoxy) is 1. The summed E-state index contributed by atoms with van der Waals surface area (Å²) in [6.45, 7) is 7.04. The molecular weight excluding hydrogens is 390 g/mol. The van der Waals surface area contributed by atoms with E-state index in [1.807, 2.05) is 6.92 Å². The first-order valence-electron chi connectivity index (χ1n) is 10.6. The molecular formula is C22H28F2N4O2. The van der Waals surface area contributed by atoms with E-state index in [4.69, 9.17) is 4.74 Å². The van der Waals surface area contributed by atoms with Crippen LogP contribution in [-0.2, 0) is 4.74 Å². The van der Waals surface area contributed by atoms with Crippen LogP contribution in [0, 0.1) is 5.82 Å². The number of hydrogen-bond acceptors (Lipinski definition) is 5. The van der Waals surface area contributed by atoms with E-state index in [0.29, 0.717) is 17.3 Å². The SMILES string of the molecule is CC1=NC(C(F)CC(C)c2cc(F)c3nc(C4CCNCC4)[nH]c(=O)c3c2)C(C)O1. The molecule has 2 aliphatic rings. The number of alkyl halides is 1. The van der Waals surface area contributed by atoms with Crippen LogP contribution >= 0.6 is 0 Å². The molecule has 0 bridgehead atoms. The lowest BCUT2D eigenvalue weighted by Gasteiger charge is -2.22. The molecule has 8 heteroatoms. The van der Waals surface area contributed by atoms with Crippen molar-refractivity contribution in [3.63, 3.8) is 0 Å². The van der Waals surface area contributed by atoms with Gasteiger partial charge >= 0.3 is 0 Å². The highest BCUT2D eigenvalue weighted by Crippen LogP contribution is 2.30. The quantitative estimate of drug-likeness (QED) is 0.778. The number of aromatic amines is 1. The van der Waals surface area contributed by atoms with E-state index in [1.165, 1.54) is 6.07 Å². The average molecular weight is 418 g/mol. The van der Waals surface area contributed by atoms with Gasteiger partial charge in [-0.2, -0.15) is 0 Å². The van der Waals surface area contributed by atoms with Crippen LogP contribution in [0.15, 0.2) is 21.9 Å². The minimum atomic E-state index is -1.22. The number of benzene rings is 1. The first kappa shape index (κ1) is 20.9. The van der Waals surface area contributed by atoms with Gasteiger partial charge in [-0.25, -0.2) is 18.8 Å². The number of H-pyrrole nitrogens is 1. The smallest absolute Gasteiger partial charge is 0.258 e. The van der Waals surface area contributed by atoms with Gasteiger partial charge in [-0.1, -0.05) is 6.92 Å². The zero-order valence-corrected chi connectivity index (χ0v) is 17.5. The zero-order valence-electron chi connectivity index (χ0n) is 17.5. The van der Waals surface area contributed by atoms with Gasteiger partial charge in [-0.15, -0.1) is 0 Å². The summed E-state index contributed by atoms with van der Waals surface area (Å²) < 4.78 is 35.2. The zero-order chi connectivity index (χ0) is 21.4. The van der Waals surface area contributed by atoms with Crippen molar-refractivity contribution >= 4 is 16.8 Å². The van der Waals surface area contributed by atoms with Crippen molar-refractivity contribution in [2.45, 2.75) is 70.2 Å². The minimum absolute atomic E-state index is 0.0815. The lowest BCUT2D eigenvalue weighted by Crippen LogP contribution is -2.30. The second kappa shape index (κ2) is 8.41. The third-order valence-corrected chi connectivity index (χ3v) is 6.22. The van der Waals surface area contributed by atoms with E-state index in [2.05, 4.69) is 20.3 Å². The first-order chi connectivity index (χ1) is 14.3. The van der Waals surface area contributed by atoms with Gasteiger partial charge in [0.05, 0.1) is 5.39 Å². The van der Waals surface area contributed by atoms with Gasteiger partial charge in [0.2, 0.25) is 0 Å². The molecule has 1 fully saturated rings. The highest BCUT2D eigenvalue weighted by atomic mass is 19.1. The maximum absolute atomic E-state index is 14.9. The van der Waals surface area contributed by atoms with Crippen molar-refractivity contribution in [1.82, 2.24) is 15.3 Å². The van der Waals surface area contributed by atoms with Crippen molar-refractivity contribution in [2.75, 3.05) is 13.1 Å². The first-order valence-corrected chi connectivity index (χ1v) is 10.6. The highest BCUT2D eigenvalue weighted by molar-refractivity contribution is 5.79. The van der Waals surface area contributed by atoms with E-state index in [-0.39, 0.29) is 40.8 Å². The molecule has 30 heavy (non-hydrogen) atoms. The molecule has 0 aliphatic carbocycles. The molecule has 2 N–H and O–H groups in total. The van der Waals surface area contributed by atoms with Crippen LogP contribution in [0.3, 0.4) is 0 Å². The van der Waals surface area contributed by atoms with Gasteiger partial charge in [0.25, 0.3) is 5.56 Å². The van der Waals surface area contributed by atoms with Gasteiger partial charge in [0.1, 0.15) is 35.5 Å². The molecule has 1 saturated heterocycles. The third-order valence-electron chi connectivity index (χ3n) is 6.22. The molecule has 1 aromatic carbocycles. The van der Waals surface area contributed by atoms with E-state index >= 15 is 0 Å². The van der Waals surface area contributed by atoms with Crippen molar-refractivity contribution in [2.24, 2.45) is 4.99 Å². The Hall–Kier alpha value is -2.35. The van der Waals surface area contributed by atoms with Crippen LogP contribution in [0.5, 0.6) is 0 Å². The van der Waals surface area contributed by atoms with Gasteiger partial charge in [0.15, 0.2) is 5.90 Å². The minimum Gasteiger partial charge on any atom is -0.476 e. The van der Waals surface area contributed by atoms with Crippen molar-refractivity contribution < 1.29 is 13.5 Å². The Morgan fingerprint density at radius 2 is 2.03 bits per heavy atom. The predicted octanol–water partition coefficient (Wildman–Crippen LogP) is 3.57. The predicted molar refractivity (Wildman–Crippen MR) is 113 cm³/mol. The highest BCUT2D eigenvalue weighted by Gasteiger charge is 2.34. The molecule has 1 aromatic heterocycles. The molecule has 0 saturated carbocycles. The second-order valence-corrected chi connectivity index (χ2v) is 8.49. The lowest BCUT2D eigenvalue weighted by atomic mass is 9.91. The summed E-state index contributed by atoms with van der Waals surface area (Å²) in [5, 5.41) is 3.47. The van der Waals surface area contributed by atoms with Crippen LogP contribution in [0.1, 0.15) is 63.3 Å². The standard InChI is InChI=1S/C22H28F2N4O2/c1-11(8-17(23)19-12(2)30-13(3)26-19)15-9-16-20(18(24)10-15)27-21(28-22(16)29)14-4-6-25-7-5-14/h9-12,14,17,19,25H,4-8H2,1-3H3,(H,27,28,29). The Bertz CT molecular complexity index is 1020. The van der Waals surface area contributed by atoms with Gasteiger partial charge in [-0.05, 0) is 62.9 Å². The maximum Gasteiger partial charge on any atom is 0.258 e. The topological polar surface area (TPSA) is 79.4 Å². The third kappa shape index (κ3) is 4.10. The average Bonchev–Trinajstić information content (AvgIpc) is 3.07. The monoisotopic (exact) mass is 418 g/mol. The van der Waals surface area contributed by atoms with Crippen molar-refractivity contribution in [3.05, 3.63) is 39.7 Å². The number of nitrogens with zero attached hydrogens (tertiary/aromatic N) is 2. The lowest BCUT2D eigenvalue weighted by molar-refractivity contribution is 0.148. The van der Waals surface area contributed by atoms with E-state index in [0.717, 1.165) is 25.9 Å². The Balaban J connectivity index is 1.59. The molecule has 4 atom stereocenters. The fourth-order valence-electron chi connectivity index (χ4n) is 4.48. The van der Waals surface area contributed by atoms with Crippen LogP contribution in [-0.4, -0.2) is 47.3 Å². The summed E-state index contributed by atoms with van der Waals surface area (Å²) >= 11 is 0. The fraction of sp³-hybridized carbons (Fsp3) is 0.591. The molecule has 0 radical (unpaired) electrons. The molecule has 162 valence electrons. The van der Waals surface area contributed by atoms with Crippen LogP contribution in [0.4, 0.5) is 8.78 Å². The molecule has 0 amide bonds. The van der Waals surface area contributed by atoms with Gasteiger partial charge in [-0.3, -0.25) is 4.79 Å². The molecule has 0 spiro atoms. The number of aromatic nitrogens is 2. The van der Waals surface area contributed by atoms with Crippen molar-refractivity contribution in [1.29, 1.82) is 0 Å². The second-order valence-electron chi connectivity index (χ2n) is 8.49. The fourth-order valence-corrected chi connectivity index (χ4v) is 4.48. The largest absolute Gasteiger partial charge is 0.476 e. The summed E-state index contributed by atoms with van der Waals surface area (Å²) in [6.07, 6.45) is 0.340. The summed E-state index contributed by atoms with van der Waals surface area (Å²) in [5.74, 6) is 0.319. The maximum atomic E-state index is 14.9. The number of rotatable bonds is 5. The number of halogens is 2. The van der Waals surface area contributed by atoms with E-state index in [9.17, 15) is 13.6 Å². The van der Waals surface area contributed by atoms with Crippen LogP contribution < -0.4 is 10.9 Å². The molecule has 2 aliphatic heterocycles. The van der Waals surface area contributed by atoms with Crippen LogP contribution in [0.25, 0.3) is 10.9 Å². The normalized spacial score (nSPS) is 24.5.